The molecule has 0 radical (unpaired) electrons. The van der Waals surface area contributed by atoms with Crippen LogP contribution in [0.2, 0.25) is 0 Å². The molecular formula is C25H28FN3O. The summed E-state index contributed by atoms with van der Waals surface area (Å²) in [7, 11) is 0. The Hall–Kier alpha value is -2.92. The minimum Gasteiger partial charge on any atom is -0.336 e. The molecule has 0 atom stereocenters. The molecule has 156 valence electrons. The van der Waals surface area contributed by atoms with Crippen LogP contribution < -0.4 is 0 Å². The van der Waals surface area contributed by atoms with Gasteiger partial charge in [-0.2, -0.15) is 0 Å². The number of piperazine rings is 1. The quantitative estimate of drug-likeness (QED) is 0.631. The second-order valence-corrected chi connectivity index (χ2v) is 7.94. The number of halogens is 1. The van der Waals surface area contributed by atoms with Crippen LogP contribution in [0, 0.1) is 19.7 Å². The molecule has 1 aliphatic rings. The first-order valence-corrected chi connectivity index (χ1v) is 10.5. The summed E-state index contributed by atoms with van der Waals surface area (Å²) in [4.78, 5) is 17.7. The lowest BCUT2D eigenvalue weighted by atomic mass is 10.1. The van der Waals surface area contributed by atoms with Crippen molar-refractivity contribution in [2.24, 2.45) is 0 Å². The summed E-state index contributed by atoms with van der Waals surface area (Å²) < 4.78 is 15.6. The number of aryl methyl sites for hydroxylation is 1. The van der Waals surface area contributed by atoms with E-state index < -0.39 is 0 Å². The molecule has 0 aliphatic carbocycles. The maximum Gasteiger partial charge on any atom is 0.255 e. The Morgan fingerprint density at radius 1 is 0.967 bits per heavy atom. The number of rotatable bonds is 4. The fourth-order valence-corrected chi connectivity index (χ4v) is 4.19. The van der Waals surface area contributed by atoms with Crippen LogP contribution >= 0.6 is 0 Å². The number of amides is 1. The maximum atomic E-state index is 13.5. The number of carbonyl (C=O) groups is 1. The first-order valence-electron chi connectivity index (χ1n) is 10.5. The second-order valence-electron chi connectivity index (χ2n) is 7.94. The van der Waals surface area contributed by atoms with Gasteiger partial charge in [-0.3, -0.25) is 4.79 Å². The zero-order valence-electron chi connectivity index (χ0n) is 17.9. The van der Waals surface area contributed by atoms with Crippen molar-refractivity contribution in [3.05, 3.63) is 77.2 Å². The fraction of sp³-hybridized carbons (Fsp3) is 0.320. The van der Waals surface area contributed by atoms with Crippen LogP contribution in [0.25, 0.3) is 16.9 Å². The molecule has 2 heterocycles. The standard InChI is InChI=1S/C25H28FN3O/c1-4-27-12-14-28(15-13-27)25(30)23-17-24(20-8-10-21(26)11-9-20)29(19(23)3)22-7-5-6-18(2)16-22/h5-11,16-17H,4,12-15H2,1-3H3. The summed E-state index contributed by atoms with van der Waals surface area (Å²) in [5.41, 5.74) is 5.55. The first kappa shape index (κ1) is 20.4. The zero-order valence-corrected chi connectivity index (χ0v) is 17.9. The Morgan fingerprint density at radius 3 is 2.30 bits per heavy atom. The Kier molecular flexibility index (Phi) is 5.73. The van der Waals surface area contributed by atoms with Crippen molar-refractivity contribution in [1.82, 2.24) is 14.4 Å². The molecule has 0 N–H and O–H groups in total. The SMILES string of the molecule is CCN1CCN(C(=O)c2cc(-c3ccc(F)cc3)n(-c3cccc(C)c3)c2C)CC1. The van der Waals surface area contributed by atoms with Gasteiger partial charge in [0.25, 0.3) is 5.91 Å². The third kappa shape index (κ3) is 3.90. The van der Waals surface area contributed by atoms with Crippen molar-refractivity contribution >= 4 is 5.91 Å². The molecule has 1 aliphatic heterocycles. The van der Waals surface area contributed by atoms with E-state index in [9.17, 15) is 9.18 Å². The molecule has 5 heteroatoms. The van der Waals surface area contributed by atoms with Gasteiger partial charge in [-0.15, -0.1) is 0 Å². The summed E-state index contributed by atoms with van der Waals surface area (Å²) in [5.74, 6) is -0.202. The molecule has 2 aromatic carbocycles. The van der Waals surface area contributed by atoms with E-state index in [0.29, 0.717) is 5.56 Å². The molecule has 4 nitrogen and oxygen atoms in total. The second kappa shape index (κ2) is 8.44. The van der Waals surface area contributed by atoms with Gasteiger partial charge in [-0.25, -0.2) is 4.39 Å². The fourth-order valence-electron chi connectivity index (χ4n) is 4.19. The molecule has 1 saturated heterocycles. The van der Waals surface area contributed by atoms with Crippen LogP contribution in [0.1, 0.15) is 28.5 Å². The number of nitrogens with zero attached hydrogens (tertiary/aromatic N) is 3. The number of likely N-dealkylation sites (N-methyl/N-ethyl adjacent to an activating group) is 1. The largest absolute Gasteiger partial charge is 0.336 e. The van der Waals surface area contributed by atoms with Crippen LogP contribution in [-0.2, 0) is 0 Å². The van der Waals surface area contributed by atoms with Crippen molar-refractivity contribution in [3.8, 4) is 16.9 Å². The Bertz CT molecular complexity index is 1050. The highest BCUT2D eigenvalue weighted by Crippen LogP contribution is 2.31. The minimum absolute atomic E-state index is 0.0676. The van der Waals surface area contributed by atoms with Gasteiger partial charge in [-0.1, -0.05) is 19.1 Å². The van der Waals surface area contributed by atoms with Gasteiger partial charge in [0, 0.05) is 37.6 Å². The lowest BCUT2D eigenvalue weighted by Crippen LogP contribution is -2.48. The predicted octanol–water partition coefficient (Wildman–Crippen LogP) is 4.68. The van der Waals surface area contributed by atoms with Crippen molar-refractivity contribution in [1.29, 1.82) is 0 Å². The first-order chi connectivity index (χ1) is 14.5. The normalized spacial score (nSPS) is 14.9. The van der Waals surface area contributed by atoms with Gasteiger partial charge >= 0.3 is 0 Å². The van der Waals surface area contributed by atoms with E-state index in [2.05, 4.69) is 35.4 Å². The lowest BCUT2D eigenvalue weighted by molar-refractivity contribution is 0.0642. The molecule has 30 heavy (non-hydrogen) atoms. The average Bonchev–Trinajstić information content (AvgIpc) is 3.11. The van der Waals surface area contributed by atoms with Gasteiger partial charge in [0.2, 0.25) is 0 Å². The zero-order chi connectivity index (χ0) is 21.3. The third-order valence-corrected chi connectivity index (χ3v) is 5.98. The molecule has 0 unspecified atom stereocenters. The van der Waals surface area contributed by atoms with Crippen molar-refractivity contribution in [2.75, 3.05) is 32.7 Å². The average molecular weight is 406 g/mol. The van der Waals surface area contributed by atoms with Gasteiger partial charge in [0.05, 0.1) is 11.3 Å². The highest BCUT2D eigenvalue weighted by atomic mass is 19.1. The Balaban J connectivity index is 1.78. The Morgan fingerprint density at radius 2 is 1.67 bits per heavy atom. The highest BCUT2D eigenvalue weighted by molar-refractivity contribution is 5.97. The third-order valence-electron chi connectivity index (χ3n) is 5.98. The van der Waals surface area contributed by atoms with E-state index >= 15 is 0 Å². The van der Waals surface area contributed by atoms with E-state index in [-0.39, 0.29) is 11.7 Å². The van der Waals surface area contributed by atoms with Crippen molar-refractivity contribution in [3.63, 3.8) is 0 Å². The van der Waals surface area contributed by atoms with E-state index in [1.807, 2.05) is 30.0 Å². The monoisotopic (exact) mass is 405 g/mol. The lowest BCUT2D eigenvalue weighted by Gasteiger charge is -2.34. The molecule has 1 fully saturated rings. The van der Waals surface area contributed by atoms with Crippen molar-refractivity contribution in [2.45, 2.75) is 20.8 Å². The van der Waals surface area contributed by atoms with Crippen LogP contribution in [0.3, 0.4) is 0 Å². The molecule has 1 amide bonds. The number of aromatic nitrogens is 1. The Labute approximate surface area is 177 Å². The number of benzene rings is 2. The summed E-state index contributed by atoms with van der Waals surface area (Å²) >= 11 is 0. The van der Waals surface area contributed by atoms with Gasteiger partial charge in [0.15, 0.2) is 0 Å². The van der Waals surface area contributed by atoms with Crippen LogP contribution in [0.5, 0.6) is 0 Å². The molecule has 1 aromatic heterocycles. The smallest absolute Gasteiger partial charge is 0.255 e. The van der Waals surface area contributed by atoms with Gasteiger partial charge in [-0.05, 0) is 74.0 Å². The van der Waals surface area contributed by atoms with E-state index in [4.69, 9.17) is 0 Å². The summed E-state index contributed by atoms with van der Waals surface area (Å²) in [6.07, 6.45) is 0. The molecule has 3 aromatic rings. The van der Waals surface area contributed by atoms with E-state index in [0.717, 1.165) is 60.9 Å². The highest BCUT2D eigenvalue weighted by Gasteiger charge is 2.26. The van der Waals surface area contributed by atoms with Crippen LogP contribution in [0.4, 0.5) is 4.39 Å². The summed E-state index contributed by atoms with van der Waals surface area (Å²) in [6.45, 7) is 10.5. The molecule has 0 saturated carbocycles. The predicted molar refractivity (Wildman–Crippen MR) is 119 cm³/mol. The number of hydrogen-bond donors (Lipinski definition) is 0. The topological polar surface area (TPSA) is 28.5 Å². The summed E-state index contributed by atoms with van der Waals surface area (Å²) in [5, 5.41) is 0. The van der Waals surface area contributed by atoms with Crippen molar-refractivity contribution < 1.29 is 9.18 Å². The molecule has 4 rings (SSSR count). The van der Waals surface area contributed by atoms with Crippen LogP contribution in [0.15, 0.2) is 54.6 Å². The summed E-state index contributed by atoms with van der Waals surface area (Å²) in [6, 6.07) is 16.6. The molecule has 0 bridgehead atoms. The number of hydrogen-bond acceptors (Lipinski definition) is 2. The molecular weight excluding hydrogens is 377 g/mol. The molecule has 0 spiro atoms. The maximum absolute atomic E-state index is 13.5. The van der Waals surface area contributed by atoms with E-state index in [1.54, 1.807) is 12.1 Å². The van der Waals surface area contributed by atoms with Gasteiger partial charge in [0.1, 0.15) is 5.82 Å². The number of carbonyl (C=O) groups excluding carboxylic acids is 1. The van der Waals surface area contributed by atoms with Crippen LogP contribution in [-0.4, -0.2) is 53.0 Å². The minimum atomic E-state index is -0.269. The van der Waals surface area contributed by atoms with Gasteiger partial charge < -0.3 is 14.4 Å². The van der Waals surface area contributed by atoms with E-state index in [1.165, 1.54) is 12.1 Å².